The molecule has 1 saturated heterocycles. The molecule has 2 fully saturated rings. The number of fused-ring (bicyclic) bond motifs is 1. The van der Waals surface area contributed by atoms with Crippen molar-refractivity contribution in [1.29, 1.82) is 0 Å². The summed E-state index contributed by atoms with van der Waals surface area (Å²) in [6.07, 6.45) is 6.25. The molecule has 5 heteroatoms. The van der Waals surface area contributed by atoms with Crippen LogP contribution in [-0.4, -0.2) is 40.9 Å². The molecular weight excluding hydrogens is 248 g/mol. The Morgan fingerprint density at radius 1 is 1.33 bits per heavy atom. The van der Waals surface area contributed by atoms with Gasteiger partial charge in [-0.2, -0.15) is 0 Å². The van der Waals surface area contributed by atoms with Crippen molar-refractivity contribution in [1.82, 2.24) is 0 Å². The van der Waals surface area contributed by atoms with Crippen molar-refractivity contribution in [3.63, 3.8) is 0 Å². The maximum Gasteiger partial charge on any atom is 0.302 e. The van der Waals surface area contributed by atoms with Crippen molar-refractivity contribution in [2.75, 3.05) is 13.7 Å². The normalized spacial score (nSPS) is 31.6. The fourth-order valence-corrected chi connectivity index (χ4v) is 4.87. The van der Waals surface area contributed by atoms with E-state index in [1.54, 1.807) is 7.11 Å². The highest BCUT2D eigenvalue weighted by Gasteiger charge is 2.43. The molecule has 1 aliphatic heterocycles. The molecule has 4 unspecified atom stereocenters. The summed E-state index contributed by atoms with van der Waals surface area (Å²) < 4.78 is 16.1. The summed E-state index contributed by atoms with van der Waals surface area (Å²) in [5.41, 5.74) is 0. The van der Waals surface area contributed by atoms with Gasteiger partial charge in [0.1, 0.15) is 0 Å². The number of epoxide rings is 1. The average Bonchev–Trinajstić information content (AvgIpc) is 3.11. The lowest BCUT2D eigenvalue weighted by atomic mass is 9.88. The summed E-state index contributed by atoms with van der Waals surface area (Å²) in [5.74, 6) is 0.635. The van der Waals surface area contributed by atoms with E-state index in [-0.39, 0.29) is 5.97 Å². The first-order valence-electron chi connectivity index (χ1n) is 7.00. The van der Waals surface area contributed by atoms with E-state index in [9.17, 15) is 4.79 Å². The van der Waals surface area contributed by atoms with Crippen molar-refractivity contribution in [2.24, 2.45) is 5.92 Å². The first-order chi connectivity index (χ1) is 8.69. The molecule has 0 spiro atoms. The van der Waals surface area contributed by atoms with Crippen LogP contribution < -0.4 is 0 Å². The molecule has 4 atom stereocenters. The molecule has 0 aromatic rings. The third kappa shape index (κ3) is 4.37. The second-order valence-corrected chi connectivity index (χ2v) is 8.33. The van der Waals surface area contributed by atoms with Gasteiger partial charge in [-0.1, -0.05) is 6.42 Å². The lowest BCUT2D eigenvalue weighted by Crippen LogP contribution is -2.21. The zero-order chi connectivity index (χ0) is 13.0. The predicted octanol–water partition coefficient (Wildman–Crippen LogP) is 1.88. The van der Waals surface area contributed by atoms with Gasteiger partial charge in [0.2, 0.25) is 0 Å². The number of carbonyl (C=O) groups is 1. The zero-order valence-electron chi connectivity index (χ0n) is 11.4. The molecule has 104 valence electrons. The van der Waals surface area contributed by atoms with Gasteiger partial charge in [-0.25, -0.2) is 0 Å². The summed E-state index contributed by atoms with van der Waals surface area (Å²) in [5, 5.41) is 0. The van der Waals surface area contributed by atoms with Gasteiger partial charge >= 0.3 is 5.97 Å². The Labute approximate surface area is 111 Å². The number of esters is 1. The number of hydrogen-bond acceptors (Lipinski definition) is 4. The maximum atomic E-state index is 10.7. The van der Waals surface area contributed by atoms with Crippen LogP contribution in [-0.2, 0) is 18.7 Å². The number of carbonyl (C=O) groups excluding carboxylic acids is 1. The molecule has 4 nitrogen and oxygen atoms in total. The van der Waals surface area contributed by atoms with E-state index in [1.807, 2.05) is 0 Å². The molecule has 1 aliphatic carbocycles. The van der Waals surface area contributed by atoms with Crippen LogP contribution in [0.25, 0.3) is 0 Å². The Morgan fingerprint density at radius 3 is 2.83 bits per heavy atom. The first kappa shape index (κ1) is 14.0. The summed E-state index contributed by atoms with van der Waals surface area (Å²) in [6.45, 7) is 1.98. The van der Waals surface area contributed by atoms with Gasteiger partial charge < -0.3 is 13.9 Å². The third-order valence-electron chi connectivity index (χ3n) is 4.09. The monoisotopic (exact) mass is 272 g/mol. The van der Waals surface area contributed by atoms with Crippen molar-refractivity contribution in [3.8, 4) is 0 Å². The average molecular weight is 272 g/mol. The zero-order valence-corrected chi connectivity index (χ0v) is 12.5. The maximum absolute atomic E-state index is 10.7. The van der Waals surface area contributed by atoms with Gasteiger partial charge in [-0.15, -0.1) is 0 Å². The largest absolute Gasteiger partial charge is 0.466 e. The topological polar surface area (TPSA) is 48.1 Å². The van der Waals surface area contributed by atoms with Crippen LogP contribution in [0.2, 0.25) is 12.1 Å². The molecule has 2 rings (SSSR count). The highest BCUT2D eigenvalue weighted by atomic mass is 28.3. The highest BCUT2D eigenvalue weighted by Crippen LogP contribution is 2.41. The SMILES string of the molecule is CO[SiH](CCOC(C)=O)CCC1CCC2OC2C1. The number of ether oxygens (including phenoxy) is 2. The quantitative estimate of drug-likeness (QED) is 0.403. The minimum absolute atomic E-state index is 0.192. The van der Waals surface area contributed by atoms with Crippen LogP contribution in [0, 0.1) is 5.92 Å². The lowest BCUT2D eigenvalue weighted by molar-refractivity contribution is -0.140. The summed E-state index contributed by atoms with van der Waals surface area (Å²) in [6, 6.07) is 2.13. The number of hydrogen-bond donors (Lipinski definition) is 0. The summed E-state index contributed by atoms with van der Waals surface area (Å²) in [7, 11) is 0.630. The van der Waals surface area contributed by atoms with Gasteiger partial charge in [0.05, 0.1) is 18.8 Å². The van der Waals surface area contributed by atoms with Crippen LogP contribution in [0.4, 0.5) is 0 Å². The van der Waals surface area contributed by atoms with Crippen LogP contribution in [0.1, 0.15) is 32.6 Å². The van der Waals surface area contributed by atoms with Crippen molar-refractivity contribution in [2.45, 2.75) is 56.9 Å². The Hall–Kier alpha value is -0.393. The standard InChI is InChI=1S/C13H24O4Si/c1-10(14)16-6-8-18(15-2)7-5-11-3-4-12-13(9-11)17-12/h11-13,18H,3-9H2,1-2H3. The van der Waals surface area contributed by atoms with Crippen LogP contribution >= 0.6 is 0 Å². The molecular formula is C13H24O4Si. The Balaban J connectivity index is 1.58. The Morgan fingerprint density at radius 2 is 2.17 bits per heavy atom. The van der Waals surface area contributed by atoms with Gasteiger partial charge in [-0.05, 0) is 37.3 Å². The van der Waals surface area contributed by atoms with E-state index in [4.69, 9.17) is 13.9 Å². The molecule has 18 heavy (non-hydrogen) atoms. The Bertz CT molecular complexity index is 284. The molecule has 0 amide bonds. The predicted molar refractivity (Wildman–Crippen MR) is 71.0 cm³/mol. The molecule has 1 saturated carbocycles. The van der Waals surface area contributed by atoms with Gasteiger partial charge in [0, 0.05) is 14.0 Å². The highest BCUT2D eigenvalue weighted by molar-refractivity contribution is 6.51. The van der Waals surface area contributed by atoms with Crippen LogP contribution in [0.5, 0.6) is 0 Å². The van der Waals surface area contributed by atoms with Crippen molar-refractivity contribution < 1.29 is 18.7 Å². The van der Waals surface area contributed by atoms with Crippen LogP contribution in [0.15, 0.2) is 0 Å². The van der Waals surface area contributed by atoms with E-state index < -0.39 is 9.04 Å². The second-order valence-electron chi connectivity index (χ2n) is 5.46. The number of rotatable bonds is 7. The molecule has 1 heterocycles. The second kappa shape index (κ2) is 6.68. The third-order valence-corrected chi connectivity index (χ3v) is 6.61. The van der Waals surface area contributed by atoms with Gasteiger partial charge in [0.25, 0.3) is 0 Å². The molecule has 2 aliphatic rings. The summed E-state index contributed by atoms with van der Waals surface area (Å²) in [4.78, 5) is 10.7. The molecule has 0 bridgehead atoms. The lowest BCUT2D eigenvalue weighted by Gasteiger charge is -2.21. The molecule has 0 N–H and O–H groups in total. The fourth-order valence-electron chi connectivity index (χ4n) is 2.88. The minimum atomic E-state index is -1.17. The Kier molecular flexibility index (Phi) is 5.21. The minimum Gasteiger partial charge on any atom is -0.466 e. The van der Waals surface area contributed by atoms with Crippen molar-refractivity contribution in [3.05, 3.63) is 0 Å². The van der Waals surface area contributed by atoms with Crippen LogP contribution in [0.3, 0.4) is 0 Å². The van der Waals surface area contributed by atoms with Gasteiger partial charge in [-0.3, -0.25) is 4.79 Å². The molecule has 0 aromatic carbocycles. The molecule has 0 radical (unpaired) electrons. The van der Waals surface area contributed by atoms with Gasteiger partial charge in [0.15, 0.2) is 9.04 Å². The van der Waals surface area contributed by atoms with E-state index >= 15 is 0 Å². The first-order valence-corrected chi connectivity index (χ1v) is 9.11. The van der Waals surface area contributed by atoms with E-state index in [0.29, 0.717) is 18.8 Å². The van der Waals surface area contributed by atoms with Crippen molar-refractivity contribution >= 4 is 15.0 Å². The van der Waals surface area contributed by atoms with E-state index in [0.717, 1.165) is 12.0 Å². The molecule has 0 aromatic heterocycles. The smallest absolute Gasteiger partial charge is 0.302 e. The summed E-state index contributed by atoms with van der Waals surface area (Å²) >= 11 is 0. The van der Waals surface area contributed by atoms with E-state index in [2.05, 4.69) is 0 Å². The fraction of sp³-hybridized carbons (Fsp3) is 0.923. The van der Waals surface area contributed by atoms with E-state index in [1.165, 1.54) is 38.7 Å².